The van der Waals surface area contributed by atoms with E-state index < -0.39 is 6.04 Å². The third-order valence-electron chi connectivity index (χ3n) is 2.86. The van der Waals surface area contributed by atoms with E-state index in [1.165, 1.54) is 0 Å². The summed E-state index contributed by atoms with van der Waals surface area (Å²) < 4.78 is 0. The largest absolute Gasteiger partial charge is 0.264 e. The van der Waals surface area contributed by atoms with E-state index in [-0.39, 0.29) is 0 Å². The molecule has 0 aliphatic carbocycles. The average Bonchev–Trinajstić information content (AvgIpc) is 2.96. The van der Waals surface area contributed by atoms with Crippen LogP contribution in [0, 0.1) is 4.91 Å². The number of hydrogen-bond donors (Lipinski definition) is 0. The first kappa shape index (κ1) is 13.4. The Balaban J connectivity index is 2.34. The molecule has 19 heavy (non-hydrogen) atoms. The summed E-state index contributed by atoms with van der Waals surface area (Å²) in [6, 6.07) is 7.02. The van der Waals surface area contributed by atoms with E-state index >= 15 is 0 Å². The molecule has 2 rings (SSSR count). The van der Waals surface area contributed by atoms with Gasteiger partial charge in [-0.25, -0.2) is 0 Å². The third kappa shape index (κ3) is 2.85. The van der Waals surface area contributed by atoms with Crippen LogP contribution in [0.25, 0.3) is 5.57 Å². The lowest BCUT2D eigenvalue weighted by molar-refractivity contribution is 0.863. The summed E-state index contributed by atoms with van der Waals surface area (Å²) in [5.41, 5.74) is 2.43. The van der Waals surface area contributed by atoms with E-state index in [9.17, 15) is 4.91 Å². The van der Waals surface area contributed by atoms with Crippen LogP contribution in [0.1, 0.15) is 23.4 Å². The normalized spacial score (nSPS) is 13.0. The van der Waals surface area contributed by atoms with Gasteiger partial charge in [0.15, 0.2) is 0 Å². The van der Waals surface area contributed by atoms with Crippen molar-refractivity contribution in [2.24, 2.45) is 5.18 Å². The lowest BCUT2D eigenvalue weighted by Crippen LogP contribution is -2.00. The fourth-order valence-electron chi connectivity index (χ4n) is 1.93. The SMILES string of the molecule is C=C(/C(=C\C)c1cccs1)C(N=O)c1cccnc1. The molecule has 0 spiro atoms. The Kier molecular flexibility index (Phi) is 4.36. The number of pyridine rings is 1. The van der Waals surface area contributed by atoms with Gasteiger partial charge < -0.3 is 0 Å². The Labute approximate surface area is 116 Å². The fraction of sp³-hybridized carbons (Fsp3) is 0.133. The predicted molar refractivity (Wildman–Crippen MR) is 79.9 cm³/mol. The van der Waals surface area contributed by atoms with Crippen LogP contribution >= 0.6 is 11.3 Å². The number of nitrogens with zero attached hydrogens (tertiary/aromatic N) is 2. The molecule has 0 radical (unpaired) electrons. The van der Waals surface area contributed by atoms with Gasteiger partial charge in [0, 0.05) is 22.8 Å². The minimum absolute atomic E-state index is 0.595. The van der Waals surface area contributed by atoms with Gasteiger partial charge in [0.2, 0.25) is 0 Å². The summed E-state index contributed by atoms with van der Waals surface area (Å²) in [5.74, 6) is 0. The zero-order chi connectivity index (χ0) is 13.7. The summed E-state index contributed by atoms with van der Waals surface area (Å²) in [7, 11) is 0. The summed E-state index contributed by atoms with van der Waals surface area (Å²) in [6.07, 6.45) is 5.28. The van der Waals surface area contributed by atoms with Gasteiger partial charge in [0.25, 0.3) is 0 Å². The van der Waals surface area contributed by atoms with E-state index in [1.807, 2.05) is 36.6 Å². The van der Waals surface area contributed by atoms with Crippen LogP contribution in [0.15, 0.2) is 65.4 Å². The Morgan fingerprint density at radius 1 is 1.47 bits per heavy atom. The number of thiophene rings is 1. The van der Waals surface area contributed by atoms with Gasteiger partial charge in [-0.2, -0.15) is 0 Å². The molecule has 2 aromatic rings. The molecule has 0 fully saturated rings. The number of allylic oxidation sites excluding steroid dienone is 1. The predicted octanol–water partition coefficient (Wildman–Crippen LogP) is 4.61. The second kappa shape index (κ2) is 6.20. The van der Waals surface area contributed by atoms with Crippen LogP contribution in [0.4, 0.5) is 0 Å². The van der Waals surface area contributed by atoms with E-state index in [4.69, 9.17) is 0 Å². The first-order chi connectivity index (χ1) is 9.27. The molecule has 96 valence electrons. The topological polar surface area (TPSA) is 42.3 Å². The Morgan fingerprint density at radius 3 is 2.84 bits per heavy atom. The molecule has 0 saturated carbocycles. The van der Waals surface area contributed by atoms with Crippen LogP contribution in [0.5, 0.6) is 0 Å². The molecular weight excluding hydrogens is 256 g/mol. The highest BCUT2D eigenvalue weighted by atomic mass is 32.1. The molecular formula is C15H14N2OS. The molecule has 1 atom stereocenters. The molecule has 3 nitrogen and oxygen atoms in total. The van der Waals surface area contributed by atoms with Crippen LogP contribution in [-0.2, 0) is 0 Å². The average molecular weight is 270 g/mol. The van der Waals surface area contributed by atoms with Gasteiger partial charge in [-0.05, 0) is 35.6 Å². The first-order valence-electron chi connectivity index (χ1n) is 5.89. The molecule has 0 aromatic carbocycles. The summed E-state index contributed by atoms with van der Waals surface area (Å²) in [4.78, 5) is 16.3. The monoisotopic (exact) mass is 270 g/mol. The van der Waals surface area contributed by atoms with Crippen molar-refractivity contribution in [2.75, 3.05) is 0 Å². The van der Waals surface area contributed by atoms with Crippen molar-refractivity contribution >= 4 is 16.9 Å². The van der Waals surface area contributed by atoms with Crippen molar-refractivity contribution in [2.45, 2.75) is 13.0 Å². The van der Waals surface area contributed by atoms with E-state index in [1.54, 1.807) is 29.8 Å². The molecule has 0 aliphatic heterocycles. The molecule has 0 saturated heterocycles. The summed E-state index contributed by atoms with van der Waals surface area (Å²) in [6.45, 7) is 5.98. The van der Waals surface area contributed by atoms with Gasteiger partial charge in [-0.15, -0.1) is 16.2 Å². The number of nitroso groups, excluding NO2 is 1. The van der Waals surface area contributed by atoms with Crippen molar-refractivity contribution in [3.05, 3.63) is 75.6 Å². The van der Waals surface area contributed by atoms with Crippen molar-refractivity contribution in [1.29, 1.82) is 0 Å². The van der Waals surface area contributed by atoms with E-state index in [2.05, 4.69) is 16.7 Å². The molecule has 1 unspecified atom stereocenters. The minimum atomic E-state index is -0.595. The molecule has 2 aromatic heterocycles. The maximum Gasteiger partial charge on any atom is 0.143 e. The number of aromatic nitrogens is 1. The van der Waals surface area contributed by atoms with Crippen molar-refractivity contribution in [3.8, 4) is 0 Å². The summed E-state index contributed by atoms with van der Waals surface area (Å²) in [5, 5.41) is 5.21. The maximum atomic E-state index is 11.2. The highest BCUT2D eigenvalue weighted by Crippen LogP contribution is 2.35. The second-order valence-electron chi connectivity index (χ2n) is 4.00. The van der Waals surface area contributed by atoms with E-state index in [0.717, 1.165) is 16.0 Å². The Bertz CT molecular complexity index is 588. The lowest BCUT2D eigenvalue weighted by Gasteiger charge is -2.14. The van der Waals surface area contributed by atoms with Crippen LogP contribution in [-0.4, -0.2) is 4.98 Å². The van der Waals surface area contributed by atoms with Crippen LogP contribution in [0.2, 0.25) is 0 Å². The van der Waals surface area contributed by atoms with Gasteiger partial charge in [-0.3, -0.25) is 4.98 Å². The number of rotatable bonds is 5. The van der Waals surface area contributed by atoms with Gasteiger partial charge in [0.05, 0.1) is 0 Å². The van der Waals surface area contributed by atoms with E-state index in [0.29, 0.717) is 5.57 Å². The highest BCUT2D eigenvalue weighted by Gasteiger charge is 2.20. The molecule has 0 N–H and O–H groups in total. The molecule has 0 aliphatic rings. The van der Waals surface area contributed by atoms with Crippen LogP contribution < -0.4 is 0 Å². The van der Waals surface area contributed by atoms with Crippen molar-refractivity contribution in [1.82, 2.24) is 4.98 Å². The first-order valence-corrected chi connectivity index (χ1v) is 6.77. The third-order valence-corrected chi connectivity index (χ3v) is 3.76. The summed E-state index contributed by atoms with van der Waals surface area (Å²) >= 11 is 1.62. The zero-order valence-corrected chi connectivity index (χ0v) is 11.4. The maximum absolute atomic E-state index is 11.2. The standard InChI is InChI=1S/C15H14N2OS/c1-3-13(14-7-5-9-19-14)11(2)15(17-18)12-6-4-8-16-10-12/h3-10,15H,2H2,1H3/b13-3+. The quantitative estimate of drug-likeness (QED) is 0.588. The van der Waals surface area contributed by atoms with Gasteiger partial charge in [0.1, 0.15) is 6.04 Å². The van der Waals surface area contributed by atoms with Crippen molar-refractivity contribution in [3.63, 3.8) is 0 Å². The molecule has 0 amide bonds. The second-order valence-corrected chi connectivity index (χ2v) is 4.95. The number of hydrogen-bond acceptors (Lipinski definition) is 4. The van der Waals surface area contributed by atoms with Crippen LogP contribution in [0.3, 0.4) is 0 Å². The fourth-order valence-corrected chi connectivity index (χ4v) is 2.77. The van der Waals surface area contributed by atoms with Gasteiger partial charge in [-0.1, -0.05) is 30.0 Å². The zero-order valence-electron chi connectivity index (χ0n) is 10.6. The smallest absolute Gasteiger partial charge is 0.143 e. The minimum Gasteiger partial charge on any atom is -0.264 e. The lowest BCUT2D eigenvalue weighted by atomic mass is 9.94. The molecule has 0 bridgehead atoms. The Hall–Kier alpha value is -2.07. The van der Waals surface area contributed by atoms with Crippen molar-refractivity contribution < 1.29 is 0 Å². The van der Waals surface area contributed by atoms with Gasteiger partial charge >= 0.3 is 0 Å². The molecule has 2 heterocycles. The Morgan fingerprint density at radius 2 is 2.32 bits per heavy atom. The highest BCUT2D eigenvalue weighted by molar-refractivity contribution is 7.11. The molecule has 4 heteroatoms.